The monoisotopic (exact) mass is 431 g/mol. The van der Waals surface area contributed by atoms with E-state index in [1.807, 2.05) is 30.8 Å². The van der Waals surface area contributed by atoms with Gasteiger partial charge >= 0.3 is 166 Å². The van der Waals surface area contributed by atoms with Crippen LogP contribution < -0.4 is 0 Å². The van der Waals surface area contributed by atoms with Crippen LogP contribution in [0.25, 0.3) is 0 Å². The van der Waals surface area contributed by atoms with Crippen molar-refractivity contribution < 1.29 is 14.6 Å². The molecule has 0 aromatic rings. The fraction of sp³-hybridized carbons (Fsp3) is 0.857. The Morgan fingerprint density at radius 1 is 1.42 bits per heavy atom. The number of nitrogens with zero attached hydrogens (tertiary/aromatic N) is 1. The molecule has 150 valence electrons. The fourth-order valence-electron chi connectivity index (χ4n) is 4.77. The first-order valence-corrected chi connectivity index (χ1v) is 11.8. The minimum absolute atomic E-state index is 0.0416. The van der Waals surface area contributed by atoms with Gasteiger partial charge in [0.05, 0.1) is 0 Å². The third-order valence-corrected chi connectivity index (χ3v) is 9.38. The molecule has 4 atom stereocenters. The van der Waals surface area contributed by atoms with Crippen LogP contribution in [-0.2, 0) is 4.74 Å². The van der Waals surface area contributed by atoms with Crippen LogP contribution in [0.5, 0.6) is 0 Å². The Labute approximate surface area is 166 Å². The molecule has 1 amide bonds. The van der Waals surface area contributed by atoms with Gasteiger partial charge in [-0.25, -0.2) is 0 Å². The molecule has 5 heteroatoms. The van der Waals surface area contributed by atoms with Gasteiger partial charge in [-0.15, -0.1) is 0 Å². The predicted octanol–water partition coefficient (Wildman–Crippen LogP) is 4.66. The number of hydrogen-bond donors (Lipinski definition) is 1. The summed E-state index contributed by atoms with van der Waals surface area (Å²) in [7, 11) is 0. The first-order valence-electron chi connectivity index (χ1n) is 9.81. The van der Waals surface area contributed by atoms with Crippen LogP contribution in [0.2, 0.25) is 5.32 Å². The summed E-state index contributed by atoms with van der Waals surface area (Å²) in [6, 6.07) is -0.0416. The number of fused-ring (bicyclic) bond motifs is 2. The number of amides is 1. The van der Waals surface area contributed by atoms with Gasteiger partial charge < -0.3 is 0 Å². The molecule has 0 spiro atoms. The molecule has 26 heavy (non-hydrogen) atoms. The van der Waals surface area contributed by atoms with E-state index in [1.54, 1.807) is 0 Å². The normalized spacial score (nSPS) is 31.1. The summed E-state index contributed by atoms with van der Waals surface area (Å²) in [5.41, 5.74) is -0.451. The Morgan fingerprint density at radius 3 is 2.42 bits per heavy atom. The van der Waals surface area contributed by atoms with E-state index in [0.29, 0.717) is 5.92 Å². The van der Waals surface area contributed by atoms with Gasteiger partial charge in [-0.1, -0.05) is 0 Å². The van der Waals surface area contributed by atoms with Crippen molar-refractivity contribution in [2.45, 2.75) is 90.8 Å². The van der Waals surface area contributed by atoms with Crippen molar-refractivity contribution >= 4 is 21.3 Å². The van der Waals surface area contributed by atoms with Gasteiger partial charge in [-0.05, 0) is 0 Å². The maximum atomic E-state index is 12.9. The van der Waals surface area contributed by atoms with Gasteiger partial charge in [0.1, 0.15) is 0 Å². The molecular weight excluding hydrogens is 393 g/mol. The molecule has 1 N–H and O–H groups in total. The van der Waals surface area contributed by atoms with E-state index in [4.69, 9.17) is 4.74 Å². The molecule has 4 nitrogen and oxygen atoms in total. The Hall–Kier alpha value is -0.511. The van der Waals surface area contributed by atoms with Crippen molar-refractivity contribution in [1.82, 2.24) is 3.92 Å². The number of carbonyl (C=O) groups excluding carboxylic acids is 1. The van der Waals surface area contributed by atoms with E-state index in [9.17, 15) is 9.90 Å². The summed E-state index contributed by atoms with van der Waals surface area (Å²) in [6.07, 6.45) is 4.52. The van der Waals surface area contributed by atoms with Gasteiger partial charge in [-0.3, -0.25) is 0 Å². The average Bonchev–Trinajstić information content (AvgIpc) is 2.83. The second-order valence-corrected chi connectivity index (χ2v) is 11.9. The Bertz CT molecular complexity index is 540. The van der Waals surface area contributed by atoms with Crippen molar-refractivity contribution in [1.29, 1.82) is 0 Å². The van der Waals surface area contributed by atoms with Crippen LogP contribution >= 0.6 is 0 Å². The number of carbonyl (C=O) groups is 1. The van der Waals surface area contributed by atoms with Gasteiger partial charge in [-0.2, -0.15) is 0 Å². The van der Waals surface area contributed by atoms with Gasteiger partial charge in [0.15, 0.2) is 0 Å². The summed E-state index contributed by atoms with van der Waals surface area (Å²) in [5.74, 6) is 0.876. The average molecular weight is 430 g/mol. The Morgan fingerprint density at radius 2 is 2.04 bits per heavy atom. The summed E-state index contributed by atoms with van der Waals surface area (Å²) in [4.78, 5) is 12.9. The van der Waals surface area contributed by atoms with Gasteiger partial charge in [0.25, 0.3) is 0 Å². The Balaban J connectivity index is 2.21. The van der Waals surface area contributed by atoms with Crippen molar-refractivity contribution in [2.75, 3.05) is 0 Å². The first-order chi connectivity index (χ1) is 11.9. The third kappa shape index (κ3) is 3.86. The molecule has 0 saturated heterocycles. The van der Waals surface area contributed by atoms with E-state index >= 15 is 0 Å². The second kappa shape index (κ2) is 7.48. The summed E-state index contributed by atoms with van der Waals surface area (Å²) >= 11 is -0.0943. The van der Waals surface area contributed by atoms with E-state index in [-0.39, 0.29) is 50.2 Å². The zero-order valence-electron chi connectivity index (χ0n) is 17.5. The molecule has 2 aliphatic rings. The van der Waals surface area contributed by atoms with Crippen LogP contribution in [0.1, 0.15) is 67.7 Å². The molecule has 0 aromatic heterocycles. The minimum atomic E-state index is -0.517. The van der Waals surface area contributed by atoms with E-state index in [2.05, 4.69) is 34.3 Å². The van der Waals surface area contributed by atoms with Crippen LogP contribution in [0.15, 0.2) is 12.7 Å². The molecule has 0 aromatic carbocycles. The number of hydrogen-bond acceptors (Lipinski definition) is 3. The van der Waals surface area contributed by atoms with E-state index < -0.39 is 5.60 Å². The van der Waals surface area contributed by atoms with Crippen molar-refractivity contribution in [3.63, 3.8) is 0 Å². The zero-order chi connectivity index (χ0) is 19.9. The quantitative estimate of drug-likeness (QED) is 0.493. The van der Waals surface area contributed by atoms with Crippen LogP contribution in [0.4, 0.5) is 4.79 Å². The summed E-state index contributed by atoms with van der Waals surface area (Å²) < 4.78 is 7.58. The molecule has 2 aliphatic carbocycles. The number of aliphatic hydroxyl groups is 1. The summed E-state index contributed by atoms with van der Waals surface area (Å²) in [5, 5.41) is 11.7. The molecule has 2 bridgehead atoms. The van der Waals surface area contributed by atoms with E-state index in [1.165, 1.54) is 6.42 Å². The molecule has 2 rings (SSSR count). The van der Waals surface area contributed by atoms with Crippen molar-refractivity contribution in [3.8, 4) is 0 Å². The molecular formula is C21H37NO3Se. The van der Waals surface area contributed by atoms with Gasteiger partial charge in [0, 0.05) is 0 Å². The molecule has 0 radical (unpaired) electrons. The number of rotatable bonds is 6. The molecule has 2 saturated carbocycles. The molecule has 4 unspecified atom stereocenters. The van der Waals surface area contributed by atoms with Crippen LogP contribution in [0, 0.1) is 22.7 Å². The Kier molecular flexibility index (Phi) is 6.27. The molecule has 0 heterocycles. The number of aliphatic hydroxyl groups excluding tert-OH is 1. The maximum absolute atomic E-state index is 12.9. The molecule has 2 fully saturated rings. The fourth-order valence-corrected chi connectivity index (χ4v) is 8.38. The van der Waals surface area contributed by atoms with E-state index in [0.717, 1.165) is 18.2 Å². The SMILES string of the molecule is C=CC(C(C)C)N([Se]CC12CCC(CC1O)C2(C)C)C(=O)OC(C)(C)C. The molecule has 0 aliphatic heterocycles. The second-order valence-electron chi connectivity index (χ2n) is 9.91. The van der Waals surface area contributed by atoms with Crippen LogP contribution in [0.3, 0.4) is 0 Å². The standard InChI is InChI=1S/C21H37NO3Se/c1-9-16(14(2)3)22(18(24)25-19(4,5)6)26-13-21-11-10-15(12-17(21)23)20(21,7)8/h9,14-17,23H,1,10-13H2,2-8H3. The van der Waals surface area contributed by atoms with Gasteiger partial charge in [0.2, 0.25) is 0 Å². The van der Waals surface area contributed by atoms with Crippen LogP contribution in [-0.4, -0.2) is 48.0 Å². The number of ether oxygens (including phenoxy) is 1. The van der Waals surface area contributed by atoms with Crippen molar-refractivity contribution in [2.24, 2.45) is 22.7 Å². The van der Waals surface area contributed by atoms with Crippen molar-refractivity contribution in [3.05, 3.63) is 12.7 Å². The zero-order valence-corrected chi connectivity index (χ0v) is 19.3. The topological polar surface area (TPSA) is 49.8 Å². The predicted molar refractivity (Wildman–Crippen MR) is 107 cm³/mol. The first kappa shape index (κ1) is 21.8. The summed E-state index contributed by atoms with van der Waals surface area (Å²) in [6.45, 7) is 18.5. The third-order valence-electron chi connectivity index (χ3n) is 6.62.